The normalized spacial score (nSPS) is 20.9. The predicted molar refractivity (Wildman–Crippen MR) is 53.1 cm³/mol. The van der Waals surface area contributed by atoms with Gasteiger partial charge < -0.3 is 5.11 Å². The molecule has 78 valence electrons. The van der Waals surface area contributed by atoms with Crippen LogP contribution in [0.4, 0.5) is 0 Å². The molecule has 0 aromatic carbocycles. The average molecular weight is 195 g/mol. The number of rotatable bonds is 3. The zero-order valence-corrected chi connectivity index (χ0v) is 8.61. The first-order valence-corrected chi connectivity index (χ1v) is 5.36. The molecule has 0 amide bonds. The van der Waals surface area contributed by atoms with Crippen LogP contribution in [0.15, 0.2) is 0 Å². The highest BCUT2D eigenvalue weighted by Gasteiger charge is 2.19. The van der Waals surface area contributed by atoms with E-state index in [1.165, 1.54) is 12.8 Å². The second kappa shape index (κ2) is 4.09. The molecule has 0 radical (unpaired) electrons. The fraction of sp³-hybridized carbons (Fsp3) is 0.800. The average Bonchev–Trinajstić information content (AvgIpc) is 2.59. The first kappa shape index (κ1) is 9.65. The van der Waals surface area contributed by atoms with E-state index in [2.05, 4.69) is 21.7 Å². The first-order valence-electron chi connectivity index (χ1n) is 5.36. The molecule has 1 aliphatic rings. The maximum absolute atomic E-state index is 8.72. The molecule has 4 nitrogen and oxygen atoms in total. The SMILES string of the molecule is CC1CCCc2nc(CCCO)nn21. The van der Waals surface area contributed by atoms with Crippen LogP contribution in [0.3, 0.4) is 0 Å². The van der Waals surface area contributed by atoms with E-state index < -0.39 is 0 Å². The van der Waals surface area contributed by atoms with Crippen molar-refractivity contribution in [3.63, 3.8) is 0 Å². The van der Waals surface area contributed by atoms with Gasteiger partial charge in [-0.25, -0.2) is 9.67 Å². The van der Waals surface area contributed by atoms with E-state index in [4.69, 9.17) is 5.11 Å². The predicted octanol–water partition coefficient (Wildman–Crippen LogP) is 1.10. The van der Waals surface area contributed by atoms with Crippen LogP contribution in [0.5, 0.6) is 0 Å². The summed E-state index contributed by atoms with van der Waals surface area (Å²) in [7, 11) is 0. The van der Waals surface area contributed by atoms with Gasteiger partial charge in [0.2, 0.25) is 0 Å². The lowest BCUT2D eigenvalue weighted by atomic mass is 10.1. The van der Waals surface area contributed by atoms with E-state index in [-0.39, 0.29) is 6.61 Å². The molecule has 0 bridgehead atoms. The van der Waals surface area contributed by atoms with E-state index in [9.17, 15) is 0 Å². The van der Waals surface area contributed by atoms with Crippen molar-refractivity contribution in [1.82, 2.24) is 14.8 Å². The quantitative estimate of drug-likeness (QED) is 0.785. The molecule has 2 rings (SSSR count). The molecule has 14 heavy (non-hydrogen) atoms. The van der Waals surface area contributed by atoms with Gasteiger partial charge in [0.15, 0.2) is 5.82 Å². The molecule has 1 aliphatic heterocycles. The van der Waals surface area contributed by atoms with Gasteiger partial charge in [-0.2, -0.15) is 5.10 Å². The zero-order valence-electron chi connectivity index (χ0n) is 8.61. The minimum atomic E-state index is 0.222. The third-order valence-electron chi connectivity index (χ3n) is 2.74. The Morgan fingerprint density at radius 3 is 3.14 bits per heavy atom. The van der Waals surface area contributed by atoms with Gasteiger partial charge in [0.25, 0.3) is 0 Å². The highest BCUT2D eigenvalue weighted by atomic mass is 16.2. The Kier molecular flexibility index (Phi) is 2.82. The highest BCUT2D eigenvalue weighted by molar-refractivity contribution is 4.98. The summed E-state index contributed by atoms with van der Waals surface area (Å²) in [5, 5.41) is 13.2. The van der Waals surface area contributed by atoms with Crippen molar-refractivity contribution in [2.45, 2.75) is 45.1 Å². The van der Waals surface area contributed by atoms with Crippen molar-refractivity contribution in [1.29, 1.82) is 0 Å². The van der Waals surface area contributed by atoms with Crippen LogP contribution < -0.4 is 0 Å². The van der Waals surface area contributed by atoms with Crippen LogP contribution in [0.2, 0.25) is 0 Å². The van der Waals surface area contributed by atoms with Crippen LogP contribution >= 0.6 is 0 Å². The summed E-state index contributed by atoms with van der Waals surface area (Å²) in [6.07, 6.45) is 5.03. The van der Waals surface area contributed by atoms with Gasteiger partial charge in [0.1, 0.15) is 5.82 Å². The molecule has 1 N–H and O–H groups in total. The third kappa shape index (κ3) is 1.80. The maximum Gasteiger partial charge on any atom is 0.151 e. The zero-order chi connectivity index (χ0) is 9.97. The number of aromatic nitrogens is 3. The van der Waals surface area contributed by atoms with E-state index >= 15 is 0 Å². The minimum Gasteiger partial charge on any atom is -0.396 e. The Bertz CT molecular complexity index is 308. The van der Waals surface area contributed by atoms with Crippen LogP contribution in [-0.4, -0.2) is 26.5 Å². The molecular weight excluding hydrogens is 178 g/mol. The lowest BCUT2D eigenvalue weighted by molar-refractivity contribution is 0.287. The van der Waals surface area contributed by atoms with Gasteiger partial charge in [0.05, 0.1) is 6.04 Å². The summed E-state index contributed by atoms with van der Waals surface area (Å²) in [5.41, 5.74) is 0. The molecule has 1 aromatic heterocycles. The molecule has 1 atom stereocenters. The van der Waals surface area contributed by atoms with Crippen LogP contribution in [0, 0.1) is 0 Å². The van der Waals surface area contributed by atoms with Crippen molar-refractivity contribution in [3.05, 3.63) is 11.6 Å². The molecule has 1 aromatic rings. The summed E-state index contributed by atoms with van der Waals surface area (Å²) < 4.78 is 2.05. The monoisotopic (exact) mass is 195 g/mol. The number of aryl methyl sites for hydroxylation is 2. The molecular formula is C10H17N3O. The number of hydrogen-bond donors (Lipinski definition) is 1. The molecule has 4 heteroatoms. The number of fused-ring (bicyclic) bond motifs is 1. The van der Waals surface area contributed by atoms with Gasteiger partial charge in [-0.15, -0.1) is 0 Å². The highest BCUT2D eigenvalue weighted by Crippen LogP contribution is 2.22. The number of aliphatic hydroxyl groups is 1. The first-order chi connectivity index (χ1) is 6.81. The van der Waals surface area contributed by atoms with Gasteiger partial charge in [0, 0.05) is 19.4 Å². The fourth-order valence-electron chi connectivity index (χ4n) is 1.95. The summed E-state index contributed by atoms with van der Waals surface area (Å²) in [4.78, 5) is 4.48. The Labute approximate surface area is 84.0 Å². The van der Waals surface area contributed by atoms with Gasteiger partial charge >= 0.3 is 0 Å². The van der Waals surface area contributed by atoms with Crippen molar-refractivity contribution < 1.29 is 5.11 Å². The summed E-state index contributed by atoms with van der Waals surface area (Å²) in [6.45, 7) is 2.41. The van der Waals surface area contributed by atoms with Crippen molar-refractivity contribution in [2.75, 3.05) is 6.61 Å². The summed E-state index contributed by atoms with van der Waals surface area (Å²) in [6, 6.07) is 0.495. The molecule has 0 fully saturated rings. The Hall–Kier alpha value is -0.900. The number of hydrogen-bond acceptors (Lipinski definition) is 3. The van der Waals surface area contributed by atoms with Crippen molar-refractivity contribution >= 4 is 0 Å². The lowest BCUT2D eigenvalue weighted by Crippen LogP contribution is -2.16. The molecule has 0 saturated carbocycles. The van der Waals surface area contributed by atoms with Crippen LogP contribution in [0.25, 0.3) is 0 Å². The Morgan fingerprint density at radius 2 is 2.43 bits per heavy atom. The maximum atomic E-state index is 8.72. The molecule has 0 spiro atoms. The van der Waals surface area contributed by atoms with Crippen LogP contribution in [0.1, 0.15) is 43.9 Å². The van der Waals surface area contributed by atoms with Gasteiger partial charge in [-0.1, -0.05) is 0 Å². The fourth-order valence-corrected chi connectivity index (χ4v) is 1.95. The summed E-state index contributed by atoms with van der Waals surface area (Å²) >= 11 is 0. The standard InChI is InChI=1S/C10H17N3O/c1-8-4-2-6-10-11-9(5-3-7-14)12-13(8)10/h8,14H,2-7H2,1H3. The van der Waals surface area contributed by atoms with Crippen molar-refractivity contribution in [3.8, 4) is 0 Å². The Balaban J connectivity index is 2.13. The van der Waals surface area contributed by atoms with Crippen molar-refractivity contribution in [2.24, 2.45) is 0 Å². The molecule has 0 aliphatic carbocycles. The second-order valence-electron chi connectivity index (χ2n) is 3.96. The molecule has 1 unspecified atom stereocenters. The number of aliphatic hydroxyl groups excluding tert-OH is 1. The van der Waals surface area contributed by atoms with E-state index in [1.807, 2.05) is 0 Å². The summed E-state index contributed by atoms with van der Waals surface area (Å²) in [5.74, 6) is 2.01. The Morgan fingerprint density at radius 1 is 1.57 bits per heavy atom. The van der Waals surface area contributed by atoms with E-state index in [1.54, 1.807) is 0 Å². The smallest absolute Gasteiger partial charge is 0.151 e. The largest absolute Gasteiger partial charge is 0.396 e. The van der Waals surface area contributed by atoms with E-state index in [0.717, 1.165) is 30.9 Å². The topological polar surface area (TPSA) is 50.9 Å². The van der Waals surface area contributed by atoms with Gasteiger partial charge in [-0.3, -0.25) is 0 Å². The minimum absolute atomic E-state index is 0.222. The van der Waals surface area contributed by atoms with Gasteiger partial charge in [-0.05, 0) is 26.2 Å². The van der Waals surface area contributed by atoms with E-state index in [0.29, 0.717) is 6.04 Å². The lowest BCUT2D eigenvalue weighted by Gasteiger charge is -2.18. The second-order valence-corrected chi connectivity index (χ2v) is 3.96. The molecule has 2 heterocycles. The third-order valence-corrected chi connectivity index (χ3v) is 2.74. The number of nitrogens with zero attached hydrogens (tertiary/aromatic N) is 3. The van der Waals surface area contributed by atoms with Crippen LogP contribution in [-0.2, 0) is 12.8 Å². The molecule has 0 saturated heterocycles.